The van der Waals surface area contributed by atoms with E-state index in [-0.39, 0.29) is 0 Å². The Bertz CT molecular complexity index is 372. The summed E-state index contributed by atoms with van der Waals surface area (Å²) < 4.78 is 0. The highest BCUT2D eigenvalue weighted by Gasteiger charge is 2.29. The van der Waals surface area contributed by atoms with E-state index >= 15 is 0 Å². The summed E-state index contributed by atoms with van der Waals surface area (Å²) in [7, 11) is 0. The van der Waals surface area contributed by atoms with E-state index < -0.39 is 0 Å². The molecule has 3 heteroatoms. The van der Waals surface area contributed by atoms with E-state index in [2.05, 4.69) is 20.8 Å². The van der Waals surface area contributed by atoms with Gasteiger partial charge in [-0.25, -0.2) is 4.98 Å². The first-order chi connectivity index (χ1) is 8.02. The van der Waals surface area contributed by atoms with Crippen molar-refractivity contribution in [3.05, 3.63) is 15.6 Å². The molecule has 1 aliphatic carbocycles. The highest BCUT2D eigenvalue weighted by atomic mass is 32.1. The van der Waals surface area contributed by atoms with Crippen LogP contribution in [0.15, 0.2) is 0 Å². The zero-order chi connectivity index (χ0) is 12.5. The molecule has 1 saturated carbocycles. The van der Waals surface area contributed by atoms with E-state index in [4.69, 9.17) is 10.7 Å². The minimum absolute atomic E-state index is 0.545. The molecule has 2 N–H and O–H groups in total. The Morgan fingerprint density at radius 3 is 2.59 bits per heavy atom. The molecule has 0 amide bonds. The summed E-state index contributed by atoms with van der Waals surface area (Å²) in [5.41, 5.74) is 7.38. The largest absolute Gasteiger partial charge is 0.330 e. The molecule has 1 aromatic rings. The van der Waals surface area contributed by atoms with Crippen LogP contribution >= 0.6 is 11.3 Å². The molecule has 0 saturated heterocycles. The van der Waals surface area contributed by atoms with Gasteiger partial charge in [0, 0.05) is 10.8 Å². The standard InChI is InChI=1S/C14H24N2S/c1-10-12(6-9-15)17-13(16-10)11-4-7-14(2,3)8-5-11/h11H,4-9,15H2,1-3H3. The molecule has 0 bridgehead atoms. The van der Waals surface area contributed by atoms with Crippen LogP contribution in [0.4, 0.5) is 0 Å². The van der Waals surface area contributed by atoms with Crippen molar-refractivity contribution in [2.45, 2.75) is 58.8 Å². The van der Waals surface area contributed by atoms with Crippen LogP contribution in [0.3, 0.4) is 0 Å². The fourth-order valence-corrected chi connectivity index (χ4v) is 3.89. The molecular formula is C14H24N2S. The Morgan fingerprint density at radius 2 is 2.00 bits per heavy atom. The van der Waals surface area contributed by atoms with E-state index in [1.165, 1.54) is 41.3 Å². The van der Waals surface area contributed by atoms with Crippen molar-refractivity contribution in [1.82, 2.24) is 4.98 Å². The van der Waals surface area contributed by atoms with Crippen LogP contribution in [-0.4, -0.2) is 11.5 Å². The first-order valence-electron chi connectivity index (χ1n) is 6.68. The molecule has 2 rings (SSSR count). The molecule has 0 atom stereocenters. The minimum Gasteiger partial charge on any atom is -0.330 e. The van der Waals surface area contributed by atoms with Gasteiger partial charge in [-0.05, 0) is 51.0 Å². The zero-order valence-corrected chi connectivity index (χ0v) is 12.1. The van der Waals surface area contributed by atoms with Crippen LogP contribution < -0.4 is 5.73 Å². The smallest absolute Gasteiger partial charge is 0.0961 e. The normalized spacial score (nSPS) is 20.7. The molecule has 1 fully saturated rings. The fourth-order valence-electron chi connectivity index (χ4n) is 2.63. The number of thiazole rings is 1. The van der Waals surface area contributed by atoms with Crippen LogP contribution in [0.2, 0.25) is 0 Å². The first-order valence-corrected chi connectivity index (χ1v) is 7.50. The number of aryl methyl sites for hydroxylation is 1. The highest BCUT2D eigenvalue weighted by molar-refractivity contribution is 7.11. The number of nitrogens with two attached hydrogens (primary N) is 1. The van der Waals surface area contributed by atoms with E-state index in [0.29, 0.717) is 11.3 Å². The van der Waals surface area contributed by atoms with Crippen molar-refractivity contribution < 1.29 is 0 Å². The summed E-state index contributed by atoms with van der Waals surface area (Å²) in [6, 6.07) is 0. The molecule has 0 unspecified atom stereocenters. The zero-order valence-electron chi connectivity index (χ0n) is 11.3. The predicted octanol–water partition coefficient (Wildman–Crippen LogP) is 3.64. The van der Waals surface area contributed by atoms with Gasteiger partial charge in [-0.1, -0.05) is 13.8 Å². The number of nitrogens with zero attached hydrogens (tertiary/aromatic N) is 1. The Morgan fingerprint density at radius 1 is 1.35 bits per heavy atom. The van der Waals surface area contributed by atoms with Gasteiger partial charge >= 0.3 is 0 Å². The maximum absolute atomic E-state index is 5.63. The monoisotopic (exact) mass is 252 g/mol. The van der Waals surface area contributed by atoms with Crippen molar-refractivity contribution in [3.63, 3.8) is 0 Å². The second-order valence-corrected chi connectivity index (χ2v) is 7.15. The second-order valence-electron chi connectivity index (χ2n) is 6.04. The highest BCUT2D eigenvalue weighted by Crippen LogP contribution is 2.43. The summed E-state index contributed by atoms with van der Waals surface area (Å²) in [5, 5.41) is 1.36. The summed E-state index contributed by atoms with van der Waals surface area (Å²) in [4.78, 5) is 6.16. The SMILES string of the molecule is Cc1nc(C2CCC(C)(C)CC2)sc1CCN. The lowest BCUT2D eigenvalue weighted by Gasteiger charge is -2.33. The fraction of sp³-hybridized carbons (Fsp3) is 0.786. The van der Waals surface area contributed by atoms with Crippen molar-refractivity contribution in [3.8, 4) is 0 Å². The third kappa shape index (κ3) is 3.08. The Kier molecular flexibility index (Phi) is 3.88. The summed E-state index contributed by atoms with van der Waals surface area (Å²) in [6.07, 6.45) is 6.27. The molecule has 1 aromatic heterocycles. The quantitative estimate of drug-likeness (QED) is 0.892. The number of hydrogen-bond donors (Lipinski definition) is 1. The van der Waals surface area contributed by atoms with Crippen LogP contribution in [0.5, 0.6) is 0 Å². The van der Waals surface area contributed by atoms with Gasteiger partial charge in [0.15, 0.2) is 0 Å². The molecule has 1 heterocycles. The molecule has 0 radical (unpaired) electrons. The number of aromatic nitrogens is 1. The number of hydrogen-bond acceptors (Lipinski definition) is 3. The number of rotatable bonds is 3. The lowest BCUT2D eigenvalue weighted by molar-refractivity contribution is 0.224. The molecule has 96 valence electrons. The van der Waals surface area contributed by atoms with Crippen LogP contribution in [0, 0.1) is 12.3 Å². The summed E-state index contributed by atoms with van der Waals surface area (Å²) in [6.45, 7) is 7.63. The van der Waals surface area contributed by atoms with Crippen LogP contribution in [0.1, 0.15) is 61.0 Å². The van der Waals surface area contributed by atoms with Gasteiger partial charge in [0.2, 0.25) is 0 Å². The van der Waals surface area contributed by atoms with Gasteiger partial charge in [-0.15, -0.1) is 11.3 Å². The van der Waals surface area contributed by atoms with Crippen molar-refractivity contribution >= 4 is 11.3 Å². The third-order valence-electron chi connectivity index (χ3n) is 3.97. The Labute approximate surface area is 109 Å². The van der Waals surface area contributed by atoms with E-state index in [1.54, 1.807) is 0 Å². The first kappa shape index (κ1) is 13.0. The van der Waals surface area contributed by atoms with Gasteiger partial charge < -0.3 is 5.73 Å². The van der Waals surface area contributed by atoms with E-state index in [9.17, 15) is 0 Å². The van der Waals surface area contributed by atoms with Crippen molar-refractivity contribution in [2.24, 2.45) is 11.1 Å². The van der Waals surface area contributed by atoms with E-state index in [1.807, 2.05) is 11.3 Å². The van der Waals surface area contributed by atoms with Gasteiger partial charge in [0.25, 0.3) is 0 Å². The third-order valence-corrected chi connectivity index (χ3v) is 5.35. The maximum atomic E-state index is 5.63. The Balaban J connectivity index is 2.06. The van der Waals surface area contributed by atoms with Crippen LogP contribution in [-0.2, 0) is 6.42 Å². The molecular weight excluding hydrogens is 228 g/mol. The van der Waals surface area contributed by atoms with Crippen molar-refractivity contribution in [2.75, 3.05) is 6.54 Å². The molecule has 0 spiro atoms. The average Bonchev–Trinajstić information content (AvgIpc) is 2.61. The maximum Gasteiger partial charge on any atom is 0.0961 e. The Hall–Kier alpha value is -0.410. The van der Waals surface area contributed by atoms with Gasteiger partial charge in [-0.2, -0.15) is 0 Å². The topological polar surface area (TPSA) is 38.9 Å². The molecule has 1 aliphatic rings. The van der Waals surface area contributed by atoms with Gasteiger partial charge in [-0.3, -0.25) is 0 Å². The molecule has 0 aliphatic heterocycles. The van der Waals surface area contributed by atoms with Crippen molar-refractivity contribution in [1.29, 1.82) is 0 Å². The summed E-state index contributed by atoms with van der Waals surface area (Å²) in [5.74, 6) is 0.707. The lowest BCUT2D eigenvalue weighted by atomic mass is 9.73. The molecule has 17 heavy (non-hydrogen) atoms. The minimum atomic E-state index is 0.545. The molecule has 0 aromatic carbocycles. The van der Waals surface area contributed by atoms with Gasteiger partial charge in [0.05, 0.1) is 10.7 Å². The second kappa shape index (κ2) is 5.07. The van der Waals surface area contributed by atoms with Gasteiger partial charge in [0.1, 0.15) is 0 Å². The summed E-state index contributed by atoms with van der Waals surface area (Å²) >= 11 is 1.90. The van der Waals surface area contributed by atoms with E-state index in [0.717, 1.165) is 13.0 Å². The lowest BCUT2D eigenvalue weighted by Crippen LogP contribution is -2.20. The predicted molar refractivity (Wildman–Crippen MR) is 74.6 cm³/mol. The average molecular weight is 252 g/mol. The molecule has 2 nitrogen and oxygen atoms in total. The van der Waals surface area contributed by atoms with Crippen LogP contribution in [0.25, 0.3) is 0 Å².